The van der Waals surface area contributed by atoms with Crippen molar-refractivity contribution in [3.8, 4) is 5.75 Å². The highest BCUT2D eigenvalue weighted by Crippen LogP contribution is 2.13. The monoisotopic (exact) mass is 281 g/mol. The highest BCUT2D eigenvalue weighted by Gasteiger charge is 2.08. The third-order valence-electron chi connectivity index (χ3n) is 3.13. The molecule has 0 fully saturated rings. The Bertz CT molecular complexity index is 370. The maximum atomic E-state index is 9.91. The average Bonchev–Trinajstić information content (AvgIpc) is 2.45. The van der Waals surface area contributed by atoms with Crippen molar-refractivity contribution in [1.29, 1.82) is 0 Å². The molecule has 0 saturated carbocycles. The molecule has 114 valence electrons. The van der Waals surface area contributed by atoms with Crippen LogP contribution in [0.3, 0.4) is 0 Å². The van der Waals surface area contributed by atoms with Crippen LogP contribution in [0, 0.1) is 0 Å². The molecule has 0 amide bonds. The van der Waals surface area contributed by atoms with Crippen LogP contribution < -0.4 is 4.74 Å². The third kappa shape index (κ3) is 6.89. The van der Waals surface area contributed by atoms with Crippen LogP contribution in [0.4, 0.5) is 0 Å². The first-order chi connectivity index (χ1) is 9.65. The van der Waals surface area contributed by atoms with Crippen molar-refractivity contribution in [2.24, 2.45) is 0 Å². The summed E-state index contributed by atoms with van der Waals surface area (Å²) in [4.78, 5) is 2.14. The number of unbranched alkanes of at least 4 members (excludes halogenated alkanes) is 1. The van der Waals surface area contributed by atoms with Gasteiger partial charge < -0.3 is 19.5 Å². The van der Waals surface area contributed by atoms with Crippen LogP contribution in [0.1, 0.15) is 25.3 Å². The van der Waals surface area contributed by atoms with Gasteiger partial charge in [0.1, 0.15) is 5.75 Å². The number of benzene rings is 1. The van der Waals surface area contributed by atoms with E-state index in [9.17, 15) is 5.11 Å². The molecule has 20 heavy (non-hydrogen) atoms. The van der Waals surface area contributed by atoms with E-state index in [0.29, 0.717) is 19.8 Å². The maximum absolute atomic E-state index is 9.91. The van der Waals surface area contributed by atoms with E-state index in [1.54, 1.807) is 7.11 Å². The average molecular weight is 281 g/mol. The summed E-state index contributed by atoms with van der Waals surface area (Å²) >= 11 is 0. The van der Waals surface area contributed by atoms with E-state index in [1.807, 2.05) is 31.3 Å². The van der Waals surface area contributed by atoms with E-state index in [1.165, 1.54) is 6.42 Å². The van der Waals surface area contributed by atoms with E-state index in [4.69, 9.17) is 9.47 Å². The summed E-state index contributed by atoms with van der Waals surface area (Å²) in [5.41, 5.74) is 1.05. The van der Waals surface area contributed by atoms with Gasteiger partial charge in [-0.3, -0.25) is 0 Å². The number of likely N-dealkylation sites (N-methyl/N-ethyl adjacent to an activating group) is 1. The Morgan fingerprint density at radius 2 is 2.15 bits per heavy atom. The predicted molar refractivity (Wildman–Crippen MR) is 81.1 cm³/mol. The fourth-order valence-electron chi connectivity index (χ4n) is 2.01. The van der Waals surface area contributed by atoms with Crippen LogP contribution in [0.2, 0.25) is 0 Å². The molecule has 0 spiro atoms. The minimum Gasteiger partial charge on any atom is -0.497 e. The normalized spacial score (nSPS) is 12.7. The summed E-state index contributed by atoms with van der Waals surface area (Å²) in [6, 6.07) is 7.77. The Morgan fingerprint density at radius 1 is 1.35 bits per heavy atom. The van der Waals surface area contributed by atoms with Gasteiger partial charge >= 0.3 is 0 Å². The third-order valence-corrected chi connectivity index (χ3v) is 3.13. The molecule has 0 heterocycles. The molecule has 0 saturated heterocycles. The van der Waals surface area contributed by atoms with Gasteiger partial charge in [-0.2, -0.15) is 0 Å². The first kappa shape index (κ1) is 17.0. The molecule has 0 bridgehead atoms. The zero-order chi connectivity index (χ0) is 14.8. The van der Waals surface area contributed by atoms with Gasteiger partial charge in [0.25, 0.3) is 0 Å². The lowest BCUT2D eigenvalue weighted by molar-refractivity contribution is 0.0136. The second kappa shape index (κ2) is 9.75. The largest absolute Gasteiger partial charge is 0.497 e. The second-order valence-electron chi connectivity index (χ2n) is 5.14. The minimum atomic E-state index is -0.442. The molecule has 0 aliphatic rings. The standard InChI is InChI=1S/C16H27NO3/c1-4-5-9-17(2)11-15(18)13-20-12-14-7-6-8-16(10-14)19-3/h6-8,10,15,18H,4-5,9,11-13H2,1-3H3. The highest BCUT2D eigenvalue weighted by atomic mass is 16.5. The van der Waals surface area contributed by atoms with Gasteiger partial charge in [-0.15, -0.1) is 0 Å². The van der Waals surface area contributed by atoms with Crippen molar-refractivity contribution in [2.75, 3.05) is 33.9 Å². The zero-order valence-electron chi connectivity index (χ0n) is 12.8. The molecule has 4 heteroatoms. The number of ether oxygens (including phenoxy) is 2. The molecular formula is C16H27NO3. The molecule has 1 unspecified atom stereocenters. The van der Waals surface area contributed by atoms with Gasteiger partial charge in [0.05, 0.1) is 26.4 Å². The first-order valence-electron chi connectivity index (χ1n) is 7.23. The molecule has 1 atom stereocenters. The van der Waals surface area contributed by atoms with Gasteiger partial charge in [-0.25, -0.2) is 0 Å². The molecule has 1 rings (SSSR count). The fraction of sp³-hybridized carbons (Fsp3) is 0.625. The molecule has 1 aromatic carbocycles. The van der Waals surface area contributed by atoms with Crippen molar-refractivity contribution < 1.29 is 14.6 Å². The summed E-state index contributed by atoms with van der Waals surface area (Å²) in [6.45, 7) is 4.68. The van der Waals surface area contributed by atoms with Crippen LogP contribution >= 0.6 is 0 Å². The number of nitrogens with zero attached hydrogens (tertiary/aromatic N) is 1. The molecular weight excluding hydrogens is 254 g/mol. The van der Waals surface area contributed by atoms with Crippen molar-refractivity contribution in [3.63, 3.8) is 0 Å². The van der Waals surface area contributed by atoms with E-state index < -0.39 is 6.10 Å². The van der Waals surface area contributed by atoms with Crippen LogP contribution in [0.5, 0.6) is 5.75 Å². The lowest BCUT2D eigenvalue weighted by Crippen LogP contribution is -2.32. The molecule has 0 radical (unpaired) electrons. The number of aliphatic hydroxyl groups excluding tert-OH is 1. The van der Waals surface area contributed by atoms with E-state index in [-0.39, 0.29) is 0 Å². The van der Waals surface area contributed by atoms with Crippen molar-refractivity contribution in [1.82, 2.24) is 4.90 Å². The predicted octanol–water partition coefficient (Wildman–Crippen LogP) is 2.30. The minimum absolute atomic E-state index is 0.355. The fourth-order valence-corrected chi connectivity index (χ4v) is 2.01. The van der Waals surface area contributed by atoms with E-state index in [2.05, 4.69) is 11.8 Å². The molecule has 1 N–H and O–H groups in total. The quantitative estimate of drug-likeness (QED) is 0.714. The van der Waals surface area contributed by atoms with Crippen LogP contribution in [-0.2, 0) is 11.3 Å². The Morgan fingerprint density at radius 3 is 2.85 bits per heavy atom. The highest BCUT2D eigenvalue weighted by molar-refractivity contribution is 5.27. The smallest absolute Gasteiger partial charge is 0.119 e. The van der Waals surface area contributed by atoms with Crippen LogP contribution in [0.15, 0.2) is 24.3 Å². The Balaban J connectivity index is 2.22. The number of aliphatic hydroxyl groups is 1. The molecule has 4 nitrogen and oxygen atoms in total. The summed E-state index contributed by atoms with van der Waals surface area (Å²) < 4.78 is 10.7. The van der Waals surface area contributed by atoms with Gasteiger partial charge in [0.2, 0.25) is 0 Å². The zero-order valence-corrected chi connectivity index (χ0v) is 12.8. The van der Waals surface area contributed by atoms with Crippen molar-refractivity contribution in [3.05, 3.63) is 29.8 Å². The number of rotatable bonds is 10. The topological polar surface area (TPSA) is 41.9 Å². The maximum Gasteiger partial charge on any atom is 0.119 e. The van der Waals surface area contributed by atoms with Crippen LogP contribution in [-0.4, -0.2) is 50.0 Å². The summed E-state index contributed by atoms with van der Waals surface area (Å²) in [6.07, 6.45) is 1.89. The molecule has 0 aliphatic carbocycles. The Labute approximate surface area is 122 Å². The number of hydrogen-bond acceptors (Lipinski definition) is 4. The second-order valence-corrected chi connectivity index (χ2v) is 5.14. The van der Waals surface area contributed by atoms with E-state index in [0.717, 1.165) is 24.3 Å². The SMILES string of the molecule is CCCCN(C)CC(O)COCc1cccc(OC)c1. The first-order valence-corrected chi connectivity index (χ1v) is 7.23. The summed E-state index contributed by atoms with van der Waals surface area (Å²) in [5, 5.41) is 9.91. The summed E-state index contributed by atoms with van der Waals surface area (Å²) in [7, 11) is 3.68. The molecule has 0 aliphatic heterocycles. The van der Waals surface area contributed by atoms with Crippen molar-refractivity contribution in [2.45, 2.75) is 32.5 Å². The van der Waals surface area contributed by atoms with Crippen molar-refractivity contribution >= 4 is 0 Å². The van der Waals surface area contributed by atoms with Crippen LogP contribution in [0.25, 0.3) is 0 Å². The summed E-state index contributed by atoms with van der Waals surface area (Å²) in [5.74, 6) is 0.825. The van der Waals surface area contributed by atoms with E-state index >= 15 is 0 Å². The molecule has 1 aromatic rings. The van der Waals surface area contributed by atoms with Gasteiger partial charge in [0, 0.05) is 6.54 Å². The lowest BCUT2D eigenvalue weighted by Gasteiger charge is -2.20. The lowest BCUT2D eigenvalue weighted by atomic mass is 10.2. The Hall–Kier alpha value is -1.10. The van der Waals surface area contributed by atoms with Gasteiger partial charge in [-0.05, 0) is 37.7 Å². The Kier molecular flexibility index (Phi) is 8.26. The number of hydrogen-bond donors (Lipinski definition) is 1. The van der Waals surface area contributed by atoms with Gasteiger partial charge in [0.15, 0.2) is 0 Å². The van der Waals surface area contributed by atoms with Gasteiger partial charge in [-0.1, -0.05) is 25.5 Å². The number of methoxy groups -OCH3 is 1. The molecule has 0 aromatic heterocycles.